The molecule has 0 radical (unpaired) electrons. The van der Waals surface area contributed by atoms with E-state index in [0.717, 1.165) is 11.3 Å². The molecule has 0 saturated carbocycles. The highest BCUT2D eigenvalue weighted by atomic mass is 35.5. The molecule has 0 saturated heterocycles. The minimum Gasteiger partial charge on any atom is -0.386 e. The fourth-order valence-electron chi connectivity index (χ4n) is 1.49. The maximum absolute atomic E-state index is 9.82. The number of halogens is 1. The zero-order chi connectivity index (χ0) is 11.8. The highest BCUT2D eigenvalue weighted by Crippen LogP contribution is 2.22. The van der Waals surface area contributed by atoms with E-state index in [1.165, 1.54) is 0 Å². The molecule has 0 spiro atoms. The topological polar surface area (TPSA) is 38.0 Å². The fraction of sp³-hybridized carbons (Fsp3) is 0.250. The van der Waals surface area contributed by atoms with E-state index < -0.39 is 5.60 Å². The first-order valence-corrected chi connectivity index (χ1v) is 5.39. The Kier molecular flexibility index (Phi) is 2.74. The molecule has 3 nitrogen and oxygen atoms in total. The van der Waals surface area contributed by atoms with Crippen LogP contribution in [0.2, 0.25) is 5.15 Å². The van der Waals surface area contributed by atoms with Gasteiger partial charge in [0.05, 0.1) is 17.5 Å². The molecule has 0 atom stereocenters. The molecule has 0 amide bonds. The first-order chi connectivity index (χ1) is 7.48. The molecule has 0 bridgehead atoms. The average molecular weight is 237 g/mol. The third-order valence-electron chi connectivity index (χ3n) is 2.41. The van der Waals surface area contributed by atoms with E-state index in [4.69, 9.17) is 11.6 Å². The van der Waals surface area contributed by atoms with Crippen molar-refractivity contribution in [3.8, 4) is 5.69 Å². The first kappa shape index (κ1) is 11.2. The quantitative estimate of drug-likeness (QED) is 0.871. The third kappa shape index (κ3) is 2.10. The van der Waals surface area contributed by atoms with Crippen molar-refractivity contribution in [3.63, 3.8) is 0 Å². The molecule has 0 fully saturated rings. The maximum Gasteiger partial charge on any atom is 0.132 e. The SMILES string of the molecule is CC(C)(O)c1ccc(-n2nccc2Cl)cc1. The zero-order valence-electron chi connectivity index (χ0n) is 9.18. The van der Waals surface area contributed by atoms with E-state index in [-0.39, 0.29) is 0 Å². The largest absolute Gasteiger partial charge is 0.386 e. The van der Waals surface area contributed by atoms with Crippen LogP contribution in [0.5, 0.6) is 0 Å². The van der Waals surface area contributed by atoms with Gasteiger partial charge in [0.1, 0.15) is 5.15 Å². The lowest BCUT2D eigenvalue weighted by Crippen LogP contribution is -2.15. The van der Waals surface area contributed by atoms with Crippen molar-refractivity contribution in [1.82, 2.24) is 9.78 Å². The summed E-state index contributed by atoms with van der Waals surface area (Å²) in [7, 11) is 0. The van der Waals surface area contributed by atoms with Gasteiger partial charge in [-0.1, -0.05) is 23.7 Å². The molecule has 2 aromatic rings. The molecular weight excluding hydrogens is 224 g/mol. The van der Waals surface area contributed by atoms with Gasteiger partial charge < -0.3 is 5.11 Å². The summed E-state index contributed by atoms with van der Waals surface area (Å²) in [5.74, 6) is 0. The minimum absolute atomic E-state index is 0.566. The Balaban J connectivity index is 2.37. The average Bonchev–Trinajstić information content (AvgIpc) is 2.63. The maximum atomic E-state index is 9.82. The van der Waals surface area contributed by atoms with Crippen LogP contribution in [0, 0.1) is 0 Å². The second kappa shape index (κ2) is 3.92. The normalized spacial score (nSPS) is 11.8. The van der Waals surface area contributed by atoms with Crippen molar-refractivity contribution >= 4 is 11.6 Å². The lowest BCUT2D eigenvalue weighted by molar-refractivity contribution is 0.0786. The Hall–Kier alpha value is -1.32. The number of rotatable bonds is 2. The Labute approximate surface area is 99.3 Å². The summed E-state index contributed by atoms with van der Waals surface area (Å²) in [4.78, 5) is 0. The molecule has 0 unspecified atom stereocenters. The van der Waals surface area contributed by atoms with Crippen LogP contribution >= 0.6 is 11.6 Å². The molecule has 1 aromatic heterocycles. The Bertz CT molecular complexity index is 482. The minimum atomic E-state index is -0.827. The monoisotopic (exact) mass is 236 g/mol. The van der Waals surface area contributed by atoms with E-state index >= 15 is 0 Å². The summed E-state index contributed by atoms with van der Waals surface area (Å²) in [6, 6.07) is 9.23. The van der Waals surface area contributed by atoms with Crippen LogP contribution < -0.4 is 0 Å². The predicted molar refractivity (Wildman–Crippen MR) is 63.8 cm³/mol. The van der Waals surface area contributed by atoms with Crippen LogP contribution in [0.4, 0.5) is 0 Å². The molecule has 84 valence electrons. The predicted octanol–water partition coefficient (Wildman–Crippen LogP) is 2.75. The molecular formula is C12H13ClN2O. The number of nitrogens with zero attached hydrogens (tertiary/aromatic N) is 2. The molecule has 1 N–H and O–H groups in total. The molecule has 0 aliphatic heterocycles. The molecule has 1 heterocycles. The van der Waals surface area contributed by atoms with Gasteiger partial charge in [0.15, 0.2) is 0 Å². The van der Waals surface area contributed by atoms with E-state index in [2.05, 4.69) is 5.10 Å². The van der Waals surface area contributed by atoms with Gasteiger partial charge in [-0.05, 0) is 37.6 Å². The smallest absolute Gasteiger partial charge is 0.132 e. The van der Waals surface area contributed by atoms with Gasteiger partial charge in [0.25, 0.3) is 0 Å². The summed E-state index contributed by atoms with van der Waals surface area (Å²) in [5.41, 5.74) is 0.912. The number of benzene rings is 1. The summed E-state index contributed by atoms with van der Waals surface area (Å²) in [6.07, 6.45) is 1.65. The first-order valence-electron chi connectivity index (χ1n) is 5.01. The van der Waals surface area contributed by atoms with Gasteiger partial charge in [-0.2, -0.15) is 5.10 Å². The number of hydrogen-bond acceptors (Lipinski definition) is 2. The lowest BCUT2D eigenvalue weighted by atomic mass is 9.98. The zero-order valence-corrected chi connectivity index (χ0v) is 9.94. The molecule has 0 aliphatic rings. The molecule has 2 rings (SSSR count). The van der Waals surface area contributed by atoms with Crippen molar-refractivity contribution in [2.24, 2.45) is 0 Å². The Morgan fingerprint density at radius 1 is 1.19 bits per heavy atom. The molecule has 0 aliphatic carbocycles. The van der Waals surface area contributed by atoms with Gasteiger partial charge in [-0.3, -0.25) is 0 Å². The summed E-state index contributed by atoms with van der Waals surface area (Å²) in [5, 5.41) is 14.5. The van der Waals surface area contributed by atoms with Crippen LogP contribution in [0.3, 0.4) is 0 Å². The Morgan fingerprint density at radius 2 is 1.81 bits per heavy atom. The highest BCUT2D eigenvalue weighted by molar-refractivity contribution is 6.29. The summed E-state index contributed by atoms with van der Waals surface area (Å²) >= 11 is 5.96. The summed E-state index contributed by atoms with van der Waals surface area (Å²) < 4.78 is 1.63. The van der Waals surface area contributed by atoms with Crippen molar-refractivity contribution < 1.29 is 5.11 Å². The van der Waals surface area contributed by atoms with Crippen LogP contribution in [-0.2, 0) is 5.60 Å². The van der Waals surface area contributed by atoms with E-state index in [1.54, 1.807) is 30.8 Å². The van der Waals surface area contributed by atoms with Crippen molar-refractivity contribution in [2.75, 3.05) is 0 Å². The summed E-state index contributed by atoms with van der Waals surface area (Å²) in [6.45, 7) is 3.51. The standard InChI is InChI=1S/C12H13ClN2O/c1-12(2,16)9-3-5-10(6-4-9)15-11(13)7-8-14-15/h3-8,16H,1-2H3. The lowest BCUT2D eigenvalue weighted by Gasteiger charge is -2.17. The van der Waals surface area contributed by atoms with Gasteiger partial charge >= 0.3 is 0 Å². The van der Waals surface area contributed by atoms with Crippen LogP contribution in [0.25, 0.3) is 5.69 Å². The molecule has 1 aromatic carbocycles. The van der Waals surface area contributed by atoms with Crippen molar-refractivity contribution in [2.45, 2.75) is 19.4 Å². The second-order valence-corrected chi connectivity index (χ2v) is 4.56. The van der Waals surface area contributed by atoms with Crippen molar-refractivity contribution in [3.05, 3.63) is 47.2 Å². The third-order valence-corrected chi connectivity index (χ3v) is 2.70. The number of hydrogen-bond donors (Lipinski definition) is 1. The van der Waals surface area contributed by atoms with E-state index in [1.807, 2.05) is 24.3 Å². The molecule has 4 heteroatoms. The second-order valence-electron chi connectivity index (χ2n) is 4.17. The van der Waals surface area contributed by atoms with Gasteiger partial charge in [0, 0.05) is 0 Å². The van der Waals surface area contributed by atoms with E-state index in [9.17, 15) is 5.11 Å². The van der Waals surface area contributed by atoms with Gasteiger partial charge in [-0.25, -0.2) is 4.68 Å². The highest BCUT2D eigenvalue weighted by Gasteiger charge is 2.15. The Morgan fingerprint density at radius 3 is 2.25 bits per heavy atom. The fourth-order valence-corrected chi connectivity index (χ4v) is 1.69. The van der Waals surface area contributed by atoms with Crippen LogP contribution in [-0.4, -0.2) is 14.9 Å². The number of aromatic nitrogens is 2. The van der Waals surface area contributed by atoms with Crippen molar-refractivity contribution in [1.29, 1.82) is 0 Å². The van der Waals surface area contributed by atoms with Crippen LogP contribution in [0.15, 0.2) is 36.5 Å². The van der Waals surface area contributed by atoms with E-state index in [0.29, 0.717) is 5.15 Å². The van der Waals surface area contributed by atoms with Gasteiger partial charge in [0.2, 0.25) is 0 Å². The van der Waals surface area contributed by atoms with Gasteiger partial charge in [-0.15, -0.1) is 0 Å². The molecule has 16 heavy (non-hydrogen) atoms. The van der Waals surface area contributed by atoms with Crippen LogP contribution in [0.1, 0.15) is 19.4 Å². The number of aliphatic hydroxyl groups is 1.